The summed E-state index contributed by atoms with van der Waals surface area (Å²) in [6.45, 7) is 2.22. The highest BCUT2D eigenvalue weighted by Gasteiger charge is 2.35. The van der Waals surface area contributed by atoms with Crippen LogP contribution in [0.2, 0.25) is 5.02 Å². The van der Waals surface area contributed by atoms with Gasteiger partial charge >= 0.3 is 6.11 Å². The zero-order valence-electron chi connectivity index (χ0n) is 15.4. The molecule has 2 aromatic carbocycles. The van der Waals surface area contributed by atoms with Gasteiger partial charge in [-0.2, -0.15) is 8.78 Å². The van der Waals surface area contributed by atoms with Gasteiger partial charge < -0.3 is 4.74 Å². The Bertz CT molecular complexity index is 753. The molecule has 1 aliphatic carbocycles. The van der Waals surface area contributed by atoms with Gasteiger partial charge in [-0.15, -0.1) is 0 Å². The van der Waals surface area contributed by atoms with Crippen LogP contribution in [-0.2, 0) is 6.11 Å². The second-order valence-corrected chi connectivity index (χ2v) is 7.73. The largest absolute Gasteiger partial charge is 0.429 e. The lowest BCUT2D eigenvalue weighted by atomic mass is 9.77. The third kappa shape index (κ3) is 4.98. The summed E-state index contributed by atoms with van der Waals surface area (Å²) in [4.78, 5) is 0. The average molecular weight is 397 g/mol. The van der Waals surface area contributed by atoms with Gasteiger partial charge in [0, 0.05) is 0 Å². The molecule has 0 bridgehead atoms. The van der Waals surface area contributed by atoms with Crippen molar-refractivity contribution in [1.29, 1.82) is 0 Å². The molecule has 0 unspecified atom stereocenters. The molecule has 0 aliphatic heterocycles. The van der Waals surface area contributed by atoms with Crippen LogP contribution in [0, 0.1) is 11.7 Å². The molecule has 0 amide bonds. The lowest BCUT2D eigenvalue weighted by Crippen LogP contribution is -2.22. The topological polar surface area (TPSA) is 9.23 Å². The summed E-state index contributed by atoms with van der Waals surface area (Å²) in [7, 11) is 0. The van der Waals surface area contributed by atoms with Crippen LogP contribution >= 0.6 is 11.6 Å². The first-order chi connectivity index (χ1) is 12.9. The Morgan fingerprint density at radius 3 is 2.30 bits per heavy atom. The van der Waals surface area contributed by atoms with Gasteiger partial charge in [-0.3, -0.25) is 0 Å². The first-order valence-electron chi connectivity index (χ1n) is 9.51. The Balaban J connectivity index is 1.64. The van der Waals surface area contributed by atoms with Crippen molar-refractivity contribution >= 4 is 11.6 Å². The van der Waals surface area contributed by atoms with E-state index in [4.69, 9.17) is 16.3 Å². The van der Waals surface area contributed by atoms with Crippen LogP contribution in [0.1, 0.15) is 62.5 Å². The van der Waals surface area contributed by atoms with Gasteiger partial charge in [-0.25, -0.2) is 4.39 Å². The van der Waals surface area contributed by atoms with Crippen molar-refractivity contribution in [2.24, 2.45) is 5.92 Å². The number of halogens is 4. The van der Waals surface area contributed by atoms with Crippen molar-refractivity contribution in [3.05, 3.63) is 64.4 Å². The molecule has 0 radical (unpaired) electrons. The van der Waals surface area contributed by atoms with Crippen LogP contribution in [0.15, 0.2) is 42.5 Å². The molecule has 27 heavy (non-hydrogen) atoms. The molecule has 1 nitrogen and oxygen atoms in total. The van der Waals surface area contributed by atoms with Gasteiger partial charge in [0.2, 0.25) is 0 Å². The van der Waals surface area contributed by atoms with Gasteiger partial charge in [0.15, 0.2) is 0 Å². The standard InChI is InChI=1S/C22H24ClF3O/c1-2-3-15-4-6-16(7-5-15)17-8-11-19(12-9-17)27-22(25,26)18-10-13-20(23)21(24)14-18/h8-16H,2-7H2,1H3. The van der Waals surface area contributed by atoms with E-state index >= 15 is 0 Å². The quantitative estimate of drug-likeness (QED) is 0.486. The summed E-state index contributed by atoms with van der Waals surface area (Å²) in [6.07, 6.45) is 3.64. The highest BCUT2D eigenvalue weighted by Crippen LogP contribution is 2.39. The smallest absolute Gasteiger partial charge is 0.426 e. The van der Waals surface area contributed by atoms with E-state index in [2.05, 4.69) is 6.92 Å². The first kappa shape index (κ1) is 20.1. The molecule has 1 saturated carbocycles. The fraction of sp³-hybridized carbons (Fsp3) is 0.455. The van der Waals surface area contributed by atoms with Crippen molar-refractivity contribution in [2.45, 2.75) is 57.5 Å². The fourth-order valence-electron chi connectivity index (χ4n) is 3.88. The minimum Gasteiger partial charge on any atom is -0.429 e. The van der Waals surface area contributed by atoms with Crippen LogP contribution in [-0.4, -0.2) is 0 Å². The molecule has 3 rings (SSSR count). The van der Waals surface area contributed by atoms with Crippen molar-refractivity contribution in [3.63, 3.8) is 0 Å². The van der Waals surface area contributed by atoms with Gasteiger partial charge in [0.05, 0.1) is 10.6 Å². The molecule has 5 heteroatoms. The molecule has 1 aliphatic rings. The van der Waals surface area contributed by atoms with Crippen LogP contribution < -0.4 is 4.74 Å². The number of ether oxygens (including phenoxy) is 1. The highest BCUT2D eigenvalue weighted by molar-refractivity contribution is 6.30. The zero-order valence-corrected chi connectivity index (χ0v) is 16.1. The number of hydrogen-bond donors (Lipinski definition) is 0. The molecule has 0 spiro atoms. The van der Waals surface area contributed by atoms with Crippen LogP contribution in [0.25, 0.3) is 0 Å². The Kier molecular flexibility index (Phi) is 6.36. The minimum absolute atomic E-state index is 0.0544. The normalized spacial score (nSPS) is 20.5. The molecule has 0 heterocycles. The van der Waals surface area contributed by atoms with E-state index < -0.39 is 17.5 Å². The van der Waals surface area contributed by atoms with Crippen molar-refractivity contribution in [1.82, 2.24) is 0 Å². The van der Waals surface area contributed by atoms with Crippen LogP contribution in [0.4, 0.5) is 13.2 Å². The second kappa shape index (κ2) is 8.55. The maximum atomic E-state index is 14.3. The number of alkyl halides is 2. The monoisotopic (exact) mass is 396 g/mol. The van der Waals surface area contributed by atoms with Gasteiger partial charge in [0.1, 0.15) is 11.6 Å². The molecule has 0 N–H and O–H groups in total. The molecule has 2 aromatic rings. The Morgan fingerprint density at radius 1 is 1.04 bits per heavy atom. The second-order valence-electron chi connectivity index (χ2n) is 7.32. The van der Waals surface area contributed by atoms with Crippen LogP contribution in [0.3, 0.4) is 0 Å². The van der Waals surface area contributed by atoms with E-state index in [-0.39, 0.29) is 10.8 Å². The van der Waals surface area contributed by atoms with E-state index in [1.807, 2.05) is 12.1 Å². The Hall–Kier alpha value is -1.68. The van der Waals surface area contributed by atoms with E-state index in [0.29, 0.717) is 12.0 Å². The summed E-state index contributed by atoms with van der Waals surface area (Å²) in [6, 6.07) is 9.71. The zero-order chi connectivity index (χ0) is 19.4. The summed E-state index contributed by atoms with van der Waals surface area (Å²) >= 11 is 5.55. The average Bonchev–Trinajstić information content (AvgIpc) is 2.65. The molecular weight excluding hydrogens is 373 g/mol. The minimum atomic E-state index is -3.63. The molecular formula is C22H24ClF3O. The lowest BCUT2D eigenvalue weighted by Gasteiger charge is -2.28. The summed E-state index contributed by atoms with van der Waals surface area (Å²) in [5, 5.41) is -0.201. The van der Waals surface area contributed by atoms with Crippen molar-refractivity contribution in [2.75, 3.05) is 0 Å². The Labute approximate surface area is 163 Å². The first-order valence-corrected chi connectivity index (χ1v) is 9.89. The summed E-state index contributed by atoms with van der Waals surface area (Å²) < 4.78 is 46.9. The predicted octanol–water partition coefficient (Wildman–Crippen LogP) is 7.68. The fourth-order valence-corrected chi connectivity index (χ4v) is 4.00. The molecule has 146 valence electrons. The van der Waals surface area contributed by atoms with E-state index in [1.54, 1.807) is 12.1 Å². The lowest BCUT2D eigenvalue weighted by molar-refractivity contribution is -0.185. The van der Waals surface area contributed by atoms with Gasteiger partial charge in [-0.1, -0.05) is 43.5 Å². The summed E-state index contributed by atoms with van der Waals surface area (Å²) in [5.41, 5.74) is 0.598. The van der Waals surface area contributed by atoms with E-state index in [9.17, 15) is 13.2 Å². The van der Waals surface area contributed by atoms with Crippen molar-refractivity contribution < 1.29 is 17.9 Å². The Morgan fingerprint density at radius 2 is 1.70 bits per heavy atom. The third-order valence-electron chi connectivity index (χ3n) is 5.40. The van der Waals surface area contributed by atoms with Gasteiger partial charge in [0.25, 0.3) is 0 Å². The van der Waals surface area contributed by atoms with Gasteiger partial charge in [-0.05, 0) is 73.4 Å². The van der Waals surface area contributed by atoms with Crippen molar-refractivity contribution in [3.8, 4) is 5.75 Å². The highest BCUT2D eigenvalue weighted by atomic mass is 35.5. The molecule has 0 aromatic heterocycles. The third-order valence-corrected chi connectivity index (χ3v) is 5.70. The number of benzene rings is 2. The predicted molar refractivity (Wildman–Crippen MR) is 102 cm³/mol. The van der Waals surface area contributed by atoms with E-state index in [1.165, 1.54) is 25.7 Å². The molecule has 0 atom stereocenters. The SMILES string of the molecule is CCCC1CCC(c2ccc(OC(F)(F)c3ccc(Cl)c(F)c3)cc2)CC1. The number of hydrogen-bond acceptors (Lipinski definition) is 1. The molecule has 0 saturated heterocycles. The maximum absolute atomic E-state index is 14.3. The van der Waals surface area contributed by atoms with E-state index in [0.717, 1.165) is 36.5 Å². The molecule has 1 fully saturated rings. The summed E-state index contributed by atoms with van der Waals surface area (Å²) in [5.74, 6) is 0.468. The maximum Gasteiger partial charge on any atom is 0.426 e. The number of rotatable bonds is 6. The van der Waals surface area contributed by atoms with Crippen LogP contribution in [0.5, 0.6) is 5.75 Å².